The number of nitrogens with one attached hydrogen (secondary N) is 1. The third kappa shape index (κ3) is 6.13. The average molecular weight is 214 g/mol. The second kappa shape index (κ2) is 8.08. The Morgan fingerprint density at radius 3 is 3.00 bits per heavy atom. The van der Waals surface area contributed by atoms with Crippen molar-refractivity contribution in [2.75, 3.05) is 46.4 Å². The Labute approximate surface area is 94.2 Å². The molecule has 0 aromatic carbocycles. The third-order valence-corrected chi connectivity index (χ3v) is 3.00. The lowest BCUT2D eigenvalue weighted by Crippen LogP contribution is -2.37. The standard InChI is InChI=1S/C12H26N2O/c1-3-15-9-5-8-14(2)11-12-6-4-7-13-10-12/h12-13H,3-11H2,1-2H3. The molecule has 90 valence electrons. The van der Waals surface area contributed by atoms with Crippen molar-refractivity contribution in [1.82, 2.24) is 10.2 Å². The van der Waals surface area contributed by atoms with Crippen molar-refractivity contribution >= 4 is 0 Å². The summed E-state index contributed by atoms with van der Waals surface area (Å²) in [4.78, 5) is 2.44. The van der Waals surface area contributed by atoms with Crippen LogP contribution in [0.15, 0.2) is 0 Å². The van der Waals surface area contributed by atoms with Crippen molar-refractivity contribution in [2.45, 2.75) is 26.2 Å². The van der Waals surface area contributed by atoms with Gasteiger partial charge in [-0.1, -0.05) is 0 Å². The molecule has 0 amide bonds. The van der Waals surface area contributed by atoms with Crippen LogP contribution in [0.1, 0.15) is 26.2 Å². The number of hydrogen-bond donors (Lipinski definition) is 1. The summed E-state index contributed by atoms with van der Waals surface area (Å²) in [6, 6.07) is 0. The van der Waals surface area contributed by atoms with E-state index in [0.717, 1.165) is 32.1 Å². The second-order valence-electron chi connectivity index (χ2n) is 4.53. The first-order valence-corrected chi connectivity index (χ1v) is 6.30. The molecule has 0 radical (unpaired) electrons. The van der Waals surface area contributed by atoms with Crippen molar-refractivity contribution in [2.24, 2.45) is 5.92 Å². The lowest BCUT2D eigenvalue weighted by Gasteiger charge is -2.27. The Balaban J connectivity index is 1.98. The van der Waals surface area contributed by atoms with Crippen molar-refractivity contribution in [3.63, 3.8) is 0 Å². The van der Waals surface area contributed by atoms with Crippen molar-refractivity contribution in [3.8, 4) is 0 Å². The fourth-order valence-electron chi connectivity index (χ4n) is 2.19. The zero-order chi connectivity index (χ0) is 10.9. The van der Waals surface area contributed by atoms with Crippen molar-refractivity contribution in [1.29, 1.82) is 0 Å². The first kappa shape index (κ1) is 12.9. The first-order valence-electron chi connectivity index (χ1n) is 6.30. The molecule has 0 aliphatic carbocycles. The summed E-state index contributed by atoms with van der Waals surface area (Å²) in [6.45, 7) is 8.62. The number of hydrogen-bond acceptors (Lipinski definition) is 3. The molecule has 1 saturated heterocycles. The van der Waals surface area contributed by atoms with Crippen LogP contribution < -0.4 is 5.32 Å². The van der Waals surface area contributed by atoms with Crippen LogP contribution in [-0.4, -0.2) is 51.3 Å². The molecule has 1 aliphatic heterocycles. The van der Waals surface area contributed by atoms with E-state index in [1.54, 1.807) is 0 Å². The molecule has 1 rings (SSSR count). The minimum Gasteiger partial charge on any atom is -0.382 e. The molecule has 1 heterocycles. The zero-order valence-corrected chi connectivity index (χ0v) is 10.3. The third-order valence-electron chi connectivity index (χ3n) is 3.00. The van der Waals surface area contributed by atoms with Gasteiger partial charge in [0.2, 0.25) is 0 Å². The van der Waals surface area contributed by atoms with E-state index in [1.165, 1.54) is 32.5 Å². The summed E-state index contributed by atoms with van der Waals surface area (Å²) in [5.74, 6) is 0.857. The highest BCUT2D eigenvalue weighted by molar-refractivity contribution is 4.71. The summed E-state index contributed by atoms with van der Waals surface area (Å²) < 4.78 is 5.33. The minimum atomic E-state index is 0.844. The van der Waals surface area contributed by atoms with Crippen LogP contribution in [0.5, 0.6) is 0 Å². The second-order valence-corrected chi connectivity index (χ2v) is 4.53. The van der Waals surface area contributed by atoms with E-state index >= 15 is 0 Å². The Hall–Kier alpha value is -0.120. The lowest BCUT2D eigenvalue weighted by molar-refractivity contribution is 0.132. The summed E-state index contributed by atoms with van der Waals surface area (Å²) in [5.41, 5.74) is 0. The molecule has 3 nitrogen and oxygen atoms in total. The predicted molar refractivity (Wildman–Crippen MR) is 64.2 cm³/mol. The summed E-state index contributed by atoms with van der Waals surface area (Å²) in [5, 5.41) is 3.47. The Morgan fingerprint density at radius 1 is 1.47 bits per heavy atom. The van der Waals surface area contributed by atoms with Crippen LogP contribution in [0.25, 0.3) is 0 Å². The molecular formula is C12H26N2O. The van der Waals surface area contributed by atoms with Crippen LogP contribution in [0, 0.1) is 5.92 Å². The minimum absolute atomic E-state index is 0.844. The lowest BCUT2D eigenvalue weighted by atomic mass is 9.99. The predicted octanol–water partition coefficient (Wildman–Crippen LogP) is 1.34. The van der Waals surface area contributed by atoms with E-state index < -0.39 is 0 Å². The van der Waals surface area contributed by atoms with Crippen LogP contribution in [0.2, 0.25) is 0 Å². The van der Waals surface area contributed by atoms with Gasteiger partial charge in [-0.05, 0) is 52.2 Å². The normalized spacial score (nSPS) is 22.2. The van der Waals surface area contributed by atoms with Crippen molar-refractivity contribution < 1.29 is 4.74 Å². The fraction of sp³-hybridized carbons (Fsp3) is 1.00. The molecule has 3 heteroatoms. The number of rotatable bonds is 7. The topological polar surface area (TPSA) is 24.5 Å². The first-order chi connectivity index (χ1) is 7.33. The molecule has 1 aliphatic rings. The molecule has 0 spiro atoms. The highest BCUT2D eigenvalue weighted by atomic mass is 16.5. The van der Waals surface area contributed by atoms with Gasteiger partial charge in [-0.25, -0.2) is 0 Å². The molecule has 1 unspecified atom stereocenters. The van der Waals surface area contributed by atoms with Gasteiger partial charge in [-0.15, -0.1) is 0 Å². The van der Waals surface area contributed by atoms with Gasteiger partial charge >= 0.3 is 0 Å². The molecule has 1 atom stereocenters. The zero-order valence-electron chi connectivity index (χ0n) is 10.3. The maximum Gasteiger partial charge on any atom is 0.0478 e. The Bertz CT molecular complexity index is 147. The summed E-state index contributed by atoms with van der Waals surface area (Å²) in [6.07, 6.45) is 3.89. The van der Waals surface area contributed by atoms with Gasteiger partial charge in [0.15, 0.2) is 0 Å². The molecule has 1 fully saturated rings. The molecule has 0 bridgehead atoms. The maximum atomic E-state index is 5.33. The SMILES string of the molecule is CCOCCCN(C)CC1CCCNC1. The van der Waals surface area contributed by atoms with Crippen LogP contribution >= 0.6 is 0 Å². The monoisotopic (exact) mass is 214 g/mol. The van der Waals surface area contributed by atoms with Gasteiger partial charge in [0.1, 0.15) is 0 Å². The van der Waals surface area contributed by atoms with E-state index in [9.17, 15) is 0 Å². The van der Waals surface area contributed by atoms with Gasteiger partial charge in [0.05, 0.1) is 0 Å². The Kier molecular flexibility index (Phi) is 6.98. The molecule has 0 aromatic heterocycles. The van der Waals surface area contributed by atoms with Crippen LogP contribution in [-0.2, 0) is 4.74 Å². The number of piperidine rings is 1. The average Bonchev–Trinajstić information content (AvgIpc) is 2.26. The highest BCUT2D eigenvalue weighted by Crippen LogP contribution is 2.10. The number of ether oxygens (including phenoxy) is 1. The summed E-state index contributed by atoms with van der Waals surface area (Å²) in [7, 11) is 2.22. The van der Waals surface area contributed by atoms with Gasteiger partial charge in [-0.2, -0.15) is 0 Å². The van der Waals surface area contributed by atoms with E-state index in [1.807, 2.05) is 0 Å². The largest absolute Gasteiger partial charge is 0.382 e. The number of nitrogens with zero attached hydrogens (tertiary/aromatic N) is 1. The van der Waals surface area contributed by atoms with E-state index in [2.05, 4.69) is 24.2 Å². The van der Waals surface area contributed by atoms with Gasteiger partial charge < -0.3 is 15.0 Å². The van der Waals surface area contributed by atoms with Gasteiger partial charge in [0, 0.05) is 26.3 Å². The molecular weight excluding hydrogens is 188 g/mol. The highest BCUT2D eigenvalue weighted by Gasteiger charge is 2.14. The Morgan fingerprint density at radius 2 is 2.33 bits per heavy atom. The van der Waals surface area contributed by atoms with E-state index in [4.69, 9.17) is 4.74 Å². The summed E-state index contributed by atoms with van der Waals surface area (Å²) >= 11 is 0. The fourth-order valence-corrected chi connectivity index (χ4v) is 2.19. The van der Waals surface area contributed by atoms with Gasteiger partial charge in [0.25, 0.3) is 0 Å². The smallest absolute Gasteiger partial charge is 0.0478 e. The van der Waals surface area contributed by atoms with E-state index in [-0.39, 0.29) is 0 Å². The maximum absolute atomic E-state index is 5.33. The van der Waals surface area contributed by atoms with E-state index in [0.29, 0.717) is 0 Å². The van der Waals surface area contributed by atoms with Crippen molar-refractivity contribution in [3.05, 3.63) is 0 Å². The van der Waals surface area contributed by atoms with Crippen LogP contribution in [0.3, 0.4) is 0 Å². The quantitative estimate of drug-likeness (QED) is 0.647. The molecule has 1 N–H and O–H groups in total. The molecule has 0 saturated carbocycles. The van der Waals surface area contributed by atoms with Crippen LogP contribution in [0.4, 0.5) is 0 Å². The van der Waals surface area contributed by atoms with Gasteiger partial charge in [-0.3, -0.25) is 0 Å². The molecule has 15 heavy (non-hydrogen) atoms. The molecule has 0 aromatic rings.